The summed E-state index contributed by atoms with van der Waals surface area (Å²) in [5, 5.41) is 18.1. The van der Waals surface area contributed by atoms with Gasteiger partial charge in [-0.25, -0.2) is 4.57 Å². The number of hydrogen-bond donors (Lipinski definition) is 4. The molecule has 0 aliphatic rings. The number of rotatable bonds is 6. The fraction of sp³-hybridized carbons (Fsp3) is 0.833. The number of phosphoric ester groups is 1. The third-order valence-corrected chi connectivity index (χ3v) is 1.84. The van der Waals surface area contributed by atoms with Gasteiger partial charge in [0, 0.05) is 6.42 Å². The minimum atomic E-state index is -4.65. The molecule has 0 aromatic carbocycles. The van der Waals surface area contributed by atoms with Crippen LogP contribution < -0.4 is 0 Å². The van der Waals surface area contributed by atoms with Gasteiger partial charge in [0.1, 0.15) is 11.9 Å². The number of carbonyl (C=O) groups excluding carboxylic acids is 1. The summed E-state index contributed by atoms with van der Waals surface area (Å²) in [6, 6.07) is 0. The topological polar surface area (TPSA) is 124 Å². The van der Waals surface area contributed by atoms with Gasteiger partial charge >= 0.3 is 7.82 Å². The van der Waals surface area contributed by atoms with E-state index in [1.807, 2.05) is 0 Å². The van der Waals surface area contributed by atoms with E-state index in [-0.39, 0.29) is 12.2 Å². The third kappa shape index (κ3) is 7.14. The maximum atomic E-state index is 10.5. The van der Waals surface area contributed by atoms with Crippen molar-refractivity contribution < 1.29 is 33.9 Å². The Hall–Kier alpha value is -0.300. The van der Waals surface area contributed by atoms with Crippen LogP contribution in [0.15, 0.2) is 0 Å². The van der Waals surface area contributed by atoms with Gasteiger partial charge in [-0.15, -0.1) is 0 Å². The van der Waals surface area contributed by atoms with Crippen LogP contribution in [-0.2, 0) is 13.9 Å². The van der Waals surface area contributed by atoms with Gasteiger partial charge in [0.2, 0.25) is 0 Å². The highest BCUT2D eigenvalue weighted by Crippen LogP contribution is 2.35. The Balaban J connectivity index is 3.90. The highest BCUT2D eigenvalue weighted by Gasteiger charge is 2.22. The highest BCUT2D eigenvalue weighted by atomic mass is 31.2. The number of aliphatic hydroxyl groups excluding tert-OH is 2. The van der Waals surface area contributed by atoms with Crippen LogP contribution in [0, 0.1) is 0 Å². The molecule has 0 aliphatic heterocycles. The third-order valence-electron chi connectivity index (χ3n) is 1.35. The van der Waals surface area contributed by atoms with E-state index in [0.717, 1.165) is 0 Å². The number of ketones is 1. The molecule has 0 amide bonds. The predicted octanol–water partition coefficient (Wildman–Crippen LogP) is -1.20. The molecule has 0 radical (unpaired) electrons. The molecular weight excluding hydrogens is 215 g/mol. The molecule has 2 atom stereocenters. The number of hydrogen-bond acceptors (Lipinski definition) is 5. The summed E-state index contributed by atoms with van der Waals surface area (Å²) in [4.78, 5) is 27.0. The maximum absolute atomic E-state index is 10.5. The second-order valence-corrected chi connectivity index (χ2v) is 4.07. The lowest BCUT2D eigenvalue weighted by atomic mass is 10.1. The van der Waals surface area contributed by atoms with E-state index in [4.69, 9.17) is 20.0 Å². The number of aliphatic hydroxyl groups is 2. The lowest BCUT2D eigenvalue weighted by Crippen LogP contribution is -2.31. The molecule has 7 nitrogen and oxygen atoms in total. The average Bonchev–Trinajstić information content (AvgIpc) is 1.97. The van der Waals surface area contributed by atoms with Crippen LogP contribution in [0.3, 0.4) is 0 Å². The minimum Gasteiger partial charge on any atom is -0.390 e. The summed E-state index contributed by atoms with van der Waals surface area (Å²) in [6.07, 6.45) is -3.16. The van der Waals surface area contributed by atoms with Crippen LogP contribution in [0.5, 0.6) is 0 Å². The normalized spacial score (nSPS) is 16.4. The SMILES string of the molecule is CC(=O)C[C@H](O)[C@H](O)COP(=O)(O)O. The number of Topliss-reactive ketones (excluding diaryl/α,β-unsaturated/α-hetero) is 1. The summed E-state index contributed by atoms with van der Waals surface area (Å²) in [5.74, 6) is -0.340. The van der Waals surface area contributed by atoms with Crippen LogP contribution in [0.4, 0.5) is 0 Å². The number of phosphoric acid groups is 1. The molecule has 0 spiro atoms. The van der Waals surface area contributed by atoms with Crippen molar-refractivity contribution in [3.63, 3.8) is 0 Å². The lowest BCUT2D eigenvalue weighted by Gasteiger charge is -2.16. The molecule has 0 unspecified atom stereocenters. The molecule has 14 heavy (non-hydrogen) atoms. The first-order valence-corrected chi connectivity index (χ1v) is 5.31. The first-order valence-electron chi connectivity index (χ1n) is 3.78. The Kier molecular flexibility index (Phi) is 5.43. The molecule has 0 saturated heterocycles. The predicted molar refractivity (Wildman–Crippen MR) is 45.3 cm³/mol. The largest absolute Gasteiger partial charge is 0.469 e. The van der Waals surface area contributed by atoms with E-state index in [9.17, 15) is 9.36 Å². The summed E-state index contributed by atoms with van der Waals surface area (Å²) in [6.45, 7) is 0.499. The highest BCUT2D eigenvalue weighted by molar-refractivity contribution is 7.46. The fourth-order valence-corrected chi connectivity index (χ4v) is 1.06. The van der Waals surface area contributed by atoms with Gasteiger partial charge < -0.3 is 20.0 Å². The number of carbonyl (C=O) groups is 1. The Bertz CT molecular complexity index is 234. The van der Waals surface area contributed by atoms with Crippen molar-refractivity contribution in [2.24, 2.45) is 0 Å². The van der Waals surface area contributed by atoms with Crippen molar-refractivity contribution in [3.8, 4) is 0 Å². The van der Waals surface area contributed by atoms with Crippen LogP contribution in [0.2, 0.25) is 0 Å². The van der Waals surface area contributed by atoms with E-state index in [2.05, 4.69) is 4.52 Å². The molecule has 4 N–H and O–H groups in total. The van der Waals surface area contributed by atoms with Gasteiger partial charge in [-0.3, -0.25) is 9.32 Å². The van der Waals surface area contributed by atoms with Crippen molar-refractivity contribution in [3.05, 3.63) is 0 Å². The van der Waals surface area contributed by atoms with E-state index in [1.165, 1.54) is 6.92 Å². The molecule has 0 fully saturated rings. The van der Waals surface area contributed by atoms with Crippen LogP contribution in [-0.4, -0.2) is 44.6 Å². The van der Waals surface area contributed by atoms with E-state index in [0.29, 0.717) is 0 Å². The van der Waals surface area contributed by atoms with Crippen LogP contribution in [0.25, 0.3) is 0 Å². The van der Waals surface area contributed by atoms with E-state index in [1.54, 1.807) is 0 Å². The van der Waals surface area contributed by atoms with Gasteiger partial charge in [0.05, 0.1) is 12.7 Å². The Labute approximate surface area is 80.6 Å². The van der Waals surface area contributed by atoms with E-state index >= 15 is 0 Å². The van der Waals surface area contributed by atoms with Gasteiger partial charge in [0.15, 0.2) is 0 Å². The molecule has 0 bridgehead atoms. The average molecular weight is 228 g/mol. The zero-order chi connectivity index (χ0) is 11.4. The molecule has 0 heterocycles. The van der Waals surface area contributed by atoms with Crippen molar-refractivity contribution in [1.82, 2.24) is 0 Å². The molecule has 84 valence electrons. The smallest absolute Gasteiger partial charge is 0.390 e. The second kappa shape index (κ2) is 5.55. The van der Waals surface area contributed by atoms with Gasteiger partial charge in [-0.1, -0.05) is 0 Å². The quantitative estimate of drug-likeness (QED) is 0.420. The maximum Gasteiger partial charge on any atom is 0.469 e. The van der Waals surface area contributed by atoms with Crippen LogP contribution >= 0.6 is 7.82 Å². The summed E-state index contributed by atoms with van der Waals surface area (Å²) in [5.41, 5.74) is 0. The summed E-state index contributed by atoms with van der Waals surface area (Å²) < 4.78 is 14.1. The Morgan fingerprint density at radius 1 is 1.36 bits per heavy atom. The first-order chi connectivity index (χ1) is 6.22. The zero-order valence-corrected chi connectivity index (χ0v) is 8.42. The van der Waals surface area contributed by atoms with Gasteiger partial charge in [-0.2, -0.15) is 0 Å². The lowest BCUT2D eigenvalue weighted by molar-refractivity contribution is -0.121. The van der Waals surface area contributed by atoms with Crippen molar-refractivity contribution >= 4 is 13.6 Å². The standard InChI is InChI=1S/C6H13O7P/c1-4(7)2-5(8)6(9)3-13-14(10,11)12/h5-6,8-9H,2-3H2,1H3,(H2,10,11,12)/t5-,6+/m0/s1. The second-order valence-electron chi connectivity index (χ2n) is 2.83. The molecule has 0 saturated carbocycles. The molecule has 0 aromatic rings. The Morgan fingerprint density at radius 3 is 2.21 bits per heavy atom. The fourth-order valence-electron chi connectivity index (χ4n) is 0.715. The van der Waals surface area contributed by atoms with Crippen LogP contribution in [0.1, 0.15) is 13.3 Å². The minimum absolute atomic E-state index is 0.286. The summed E-state index contributed by atoms with van der Waals surface area (Å²) in [7, 11) is -4.65. The van der Waals surface area contributed by atoms with Gasteiger partial charge in [-0.05, 0) is 6.92 Å². The molecule has 8 heteroatoms. The zero-order valence-electron chi connectivity index (χ0n) is 7.53. The van der Waals surface area contributed by atoms with Gasteiger partial charge in [0.25, 0.3) is 0 Å². The van der Waals surface area contributed by atoms with Crippen molar-refractivity contribution in [2.75, 3.05) is 6.61 Å². The van der Waals surface area contributed by atoms with Crippen molar-refractivity contribution in [2.45, 2.75) is 25.6 Å². The molecule has 0 aromatic heterocycles. The van der Waals surface area contributed by atoms with Crippen molar-refractivity contribution in [1.29, 1.82) is 0 Å². The molecule has 0 rings (SSSR count). The monoisotopic (exact) mass is 228 g/mol. The summed E-state index contributed by atoms with van der Waals surface area (Å²) >= 11 is 0. The molecule has 0 aliphatic carbocycles. The Morgan fingerprint density at radius 2 is 1.86 bits per heavy atom. The molecular formula is C6H13O7P. The van der Waals surface area contributed by atoms with E-state index < -0.39 is 26.6 Å². The first kappa shape index (κ1) is 13.7.